The number of aryl methyl sites for hydroxylation is 1. The van der Waals surface area contributed by atoms with E-state index in [0.717, 1.165) is 0 Å². The highest BCUT2D eigenvalue weighted by atomic mass is 16.7. The van der Waals surface area contributed by atoms with Gasteiger partial charge in [0.15, 0.2) is 0 Å². The molecule has 0 bridgehead atoms. The van der Waals surface area contributed by atoms with Gasteiger partial charge >= 0.3 is 5.97 Å². The Kier molecular flexibility index (Phi) is 2.56. The maximum atomic E-state index is 10.5. The van der Waals surface area contributed by atoms with Crippen LogP contribution in [0.3, 0.4) is 0 Å². The van der Waals surface area contributed by atoms with Gasteiger partial charge in [0, 0.05) is 0 Å². The summed E-state index contributed by atoms with van der Waals surface area (Å²) in [6, 6.07) is 0. The summed E-state index contributed by atoms with van der Waals surface area (Å²) in [4.78, 5) is 18.1. The molecule has 2 N–H and O–H groups in total. The summed E-state index contributed by atoms with van der Waals surface area (Å²) in [5, 5.41) is 3.78. The number of nitrogens with two attached hydrogens (primary N) is 1. The van der Waals surface area contributed by atoms with E-state index in [9.17, 15) is 4.79 Å². The molecule has 0 radical (unpaired) electrons. The SMILES string of the molecule is NOC(=O)CCn1cncn1. The monoisotopic (exact) mass is 156 g/mol. The lowest BCUT2D eigenvalue weighted by atomic mass is 10.4. The molecule has 6 nitrogen and oxygen atoms in total. The molecule has 60 valence electrons. The molecule has 0 saturated carbocycles. The van der Waals surface area contributed by atoms with Crippen molar-refractivity contribution in [3.05, 3.63) is 12.7 Å². The Morgan fingerprint density at radius 3 is 3.09 bits per heavy atom. The number of hydrogen-bond acceptors (Lipinski definition) is 5. The van der Waals surface area contributed by atoms with Gasteiger partial charge in [-0.25, -0.2) is 4.98 Å². The van der Waals surface area contributed by atoms with E-state index in [1.165, 1.54) is 17.3 Å². The third-order valence-electron chi connectivity index (χ3n) is 1.14. The van der Waals surface area contributed by atoms with Gasteiger partial charge in [0.1, 0.15) is 12.7 Å². The van der Waals surface area contributed by atoms with Crippen molar-refractivity contribution in [3.8, 4) is 0 Å². The average molecular weight is 156 g/mol. The topological polar surface area (TPSA) is 83.0 Å². The molecule has 1 aromatic heterocycles. The number of hydrogen-bond donors (Lipinski definition) is 1. The molecule has 1 rings (SSSR count). The quantitative estimate of drug-likeness (QED) is 0.572. The van der Waals surface area contributed by atoms with Crippen LogP contribution in [0.25, 0.3) is 0 Å². The van der Waals surface area contributed by atoms with Gasteiger partial charge in [0.25, 0.3) is 0 Å². The lowest BCUT2D eigenvalue weighted by molar-refractivity contribution is -0.144. The van der Waals surface area contributed by atoms with Crippen LogP contribution in [0.1, 0.15) is 6.42 Å². The van der Waals surface area contributed by atoms with Crippen molar-refractivity contribution in [2.45, 2.75) is 13.0 Å². The molecule has 0 aliphatic heterocycles. The number of carbonyl (C=O) groups excluding carboxylic acids is 1. The largest absolute Gasteiger partial charge is 0.373 e. The van der Waals surface area contributed by atoms with Gasteiger partial charge in [-0.05, 0) is 0 Å². The first-order chi connectivity index (χ1) is 5.33. The minimum atomic E-state index is -0.458. The van der Waals surface area contributed by atoms with Gasteiger partial charge in [-0.15, -0.1) is 0 Å². The van der Waals surface area contributed by atoms with E-state index in [4.69, 9.17) is 0 Å². The Morgan fingerprint density at radius 1 is 1.73 bits per heavy atom. The Morgan fingerprint density at radius 2 is 2.55 bits per heavy atom. The standard InChI is InChI=1S/C5H8N4O2/c6-11-5(10)1-2-9-4-7-3-8-9/h3-4H,1-2,6H2. The first-order valence-electron chi connectivity index (χ1n) is 3.05. The van der Waals surface area contributed by atoms with Crippen LogP contribution >= 0.6 is 0 Å². The Labute approximate surface area is 62.9 Å². The zero-order valence-electron chi connectivity index (χ0n) is 5.80. The third kappa shape index (κ3) is 2.34. The molecular formula is C5H8N4O2. The summed E-state index contributed by atoms with van der Waals surface area (Å²) in [7, 11) is 0. The minimum Gasteiger partial charge on any atom is -0.373 e. The highest BCUT2D eigenvalue weighted by Crippen LogP contribution is 1.87. The van der Waals surface area contributed by atoms with E-state index in [0.29, 0.717) is 6.54 Å². The van der Waals surface area contributed by atoms with Crippen molar-refractivity contribution in [1.82, 2.24) is 14.8 Å². The first kappa shape index (κ1) is 7.67. The van der Waals surface area contributed by atoms with Crippen LogP contribution in [0.2, 0.25) is 0 Å². The lowest BCUT2D eigenvalue weighted by Gasteiger charge is -1.96. The van der Waals surface area contributed by atoms with E-state index < -0.39 is 5.97 Å². The zero-order valence-corrected chi connectivity index (χ0v) is 5.80. The lowest BCUT2D eigenvalue weighted by Crippen LogP contribution is -2.12. The van der Waals surface area contributed by atoms with Crippen LogP contribution in [0.4, 0.5) is 0 Å². The van der Waals surface area contributed by atoms with Crippen LogP contribution < -0.4 is 5.90 Å². The second-order valence-corrected chi connectivity index (χ2v) is 1.90. The molecular weight excluding hydrogens is 148 g/mol. The summed E-state index contributed by atoms with van der Waals surface area (Å²) < 4.78 is 1.52. The van der Waals surface area contributed by atoms with E-state index >= 15 is 0 Å². The first-order valence-corrected chi connectivity index (χ1v) is 3.05. The van der Waals surface area contributed by atoms with Crippen LogP contribution in [0, 0.1) is 0 Å². The van der Waals surface area contributed by atoms with Crippen LogP contribution in [-0.2, 0) is 16.2 Å². The molecule has 0 unspecified atom stereocenters. The summed E-state index contributed by atoms with van der Waals surface area (Å²) in [5.41, 5.74) is 0. The van der Waals surface area contributed by atoms with Crippen molar-refractivity contribution in [1.29, 1.82) is 0 Å². The molecule has 0 atom stereocenters. The van der Waals surface area contributed by atoms with Crippen LogP contribution in [0.5, 0.6) is 0 Å². The molecule has 1 heterocycles. The Hall–Kier alpha value is -1.43. The minimum absolute atomic E-state index is 0.208. The smallest absolute Gasteiger partial charge is 0.326 e. The predicted molar refractivity (Wildman–Crippen MR) is 34.9 cm³/mol. The van der Waals surface area contributed by atoms with Gasteiger partial charge in [0.2, 0.25) is 0 Å². The molecule has 0 amide bonds. The second kappa shape index (κ2) is 3.67. The van der Waals surface area contributed by atoms with Crippen molar-refractivity contribution in [2.75, 3.05) is 0 Å². The van der Waals surface area contributed by atoms with Gasteiger partial charge in [0.05, 0.1) is 13.0 Å². The fraction of sp³-hybridized carbons (Fsp3) is 0.400. The summed E-state index contributed by atoms with van der Waals surface area (Å²) >= 11 is 0. The van der Waals surface area contributed by atoms with Crippen LogP contribution in [0.15, 0.2) is 12.7 Å². The molecule has 1 aromatic rings. The van der Waals surface area contributed by atoms with E-state index in [2.05, 4.69) is 20.8 Å². The third-order valence-corrected chi connectivity index (χ3v) is 1.14. The van der Waals surface area contributed by atoms with Crippen molar-refractivity contribution < 1.29 is 9.63 Å². The summed E-state index contributed by atoms with van der Waals surface area (Å²) in [6.07, 6.45) is 3.12. The van der Waals surface area contributed by atoms with Gasteiger partial charge in [-0.2, -0.15) is 11.0 Å². The van der Waals surface area contributed by atoms with Crippen molar-refractivity contribution in [3.63, 3.8) is 0 Å². The van der Waals surface area contributed by atoms with E-state index in [-0.39, 0.29) is 6.42 Å². The maximum Gasteiger partial charge on any atom is 0.326 e. The maximum absolute atomic E-state index is 10.5. The number of rotatable bonds is 3. The summed E-state index contributed by atoms with van der Waals surface area (Å²) in [5.74, 6) is 4.16. The van der Waals surface area contributed by atoms with Gasteiger partial charge in [-0.3, -0.25) is 9.48 Å². The highest BCUT2D eigenvalue weighted by Gasteiger charge is 2.00. The molecule has 0 aromatic carbocycles. The number of nitrogens with zero attached hydrogens (tertiary/aromatic N) is 3. The number of carbonyl (C=O) groups is 1. The molecule has 11 heavy (non-hydrogen) atoms. The molecule has 0 aliphatic rings. The van der Waals surface area contributed by atoms with Crippen molar-refractivity contribution >= 4 is 5.97 Å². The fourth-order valence-electron chi connectivity index (χ4n) is 0.613. The van der Waals surface area contributed by atoms with Gasteiger partial charge in [-0.1, -0.05) is 0 Å². The molecule has 0 fully saturated rings. The average Bonchev–Trinajstić information content (AvgIpc) is 2.52. The number of aromatic nitrogens is 3. The zero-order chi connectivity index (χ0) is 8.10. The van der Waals surface area contributed by atoms with E-state index in [1.54, 1.807) is 0 Å². The second-order valence-electron chi connectivity index (χ2n) is 1.90. The predicted octanol–water partition coefficient (Wildman–Crippen LogP) is -0.915. The Bertz CT molecular complexity index is 220. The highest BCUT2D eigenvalue weighted by molar-refractivity contribution is 5.68. The molecule has 6 heteroatoms. The normalized spacial score (nSPS) is 9.55. The molecule has 0 saturated heterocycles. The van der Waals surface area contributed by atoms with Crippen molar-refractivity contribution in [2.24, 2.45) is 5.90 Å². The fourth-order valence-corrected chi connectivity index (χ4v) is 0.613. The molecule has 0 spiro atoms. The summed E-state index contributed by atoms with van der Waals surface area (Å²) in [6.45, 7) is 0.441. The van der Waals surface area contributed by atoms with Crippen LogP contribution in [-0.4, -0.2) is 20.7 Å². The molecule has 0 aliphatic carbocycles. The van der Waals surface area contributed by atoms with E-state index in [1.807, 2.05) is 0 Å². The Balaban J connectivity index is 2.29. The van der Waals surface area contributed by atoms with Gasteiger partial charge < -0.3 is 4.84 Å².